The van der Waals surface area contributed by atoms with Gasteiger partial charge in [-0.15, -0.1) is 10.2 Å². The molecule has 3 amide bonds. The Bertz CT molecular complexity index is 590. The fourth-order valence-electron chi connectivity index (χ4n) is 2.84. The Morgan fingerprint density at radius 3 is 2.55 bits per heavy atom. The quantitative estimate of drug-likeness (QED) is 0.803. The van der Waals surface area contributed by atoms with Crippen LogP contribution in [0.2, 0.25) is 0 Å². The Kier molecular flexibility index (Phi) is 4.08. The molecule has 0 bridgehead atoms. The van der Waals surface area contributed by atoms with Crippen LogP contribution in [0.1, 0.15) is 36.2 Å². The molecule has 8 nitrogen and oxygen atoms in total. The SMILES string of the molecule is C=C1CCCN(C(=O)Nc2n[nH]nc2C(=O)N2CCCC2)C1. The molecule has 2 aliphatic heterocycles. The van der Waals surface area contributed by atoms with Gasteiger partial charge in [0, 0.05) is 26.2 Å². The van der Waals surface area contributed by atoms with Crippen LogP contribution >= 0.6 is 0 Å². The van der Waals surface area contributed by atoms with Crippen molar-refractivity contribution in [3.8, 4) is 0 Å². The molecule has 2 saturated heterocycles. The van der Waals surface area contributed by atoms with Crippen LogP contribution in [-0.4, -0.2) is 63.3 Å². The number of hydrogen-bond acceptors (Lipinski definition) is 4. The number of carbonyl (C=O) groups excluding carboxylic acids is 2. The summed E-state index contributed by atoms with van der Waals surface area (Å²) < 4.78 is 0. The Balaban J connectivity index is 1.68. The number of carbonyl (C=O) groups is 2. The number of urea groups is 1. The Labute approximate surface area is 128 Å². The first-order valence-corrected chi connectivity index (χ1v) is 7.58. The number of rotatable bonds is 2. The number of anilines is 1. The van der Waals surface area contributed by atoms with E-state index in [2.05, 4.69) is 27.3 Å². The van der Waals surface area contributed by atoms with E-state index in [1.54, 1.807) is 9.80 Å². The number of aromatic amines is 1. The molecule has 2 N–H and O–H groups in total. The maximum absolute atomic E-state index is 12.4. The third-order valence-electron chi connectivity index (χ3n) is 4.03. The van der Waals surface area contributed by atoms with Crippen molar-refractivity contribution >= 4 is 17.8 Å². The normalized spacial score (nSPS) is 18.6. The zero-order valence-corrected chi connectivity index (χ0v) is 12.5. The standard InChI is InChI=1S/C14H20N6O2/c1-10-5-4-8-20(9-10)14(22)15-12-11(16-18-17-12)13(21)19-6-2-3-7-19/h1-9H2,(H2,15,16,17,18,22). The summed E-state index contributed by atoms with van der Waals surface area (Å²) in [6.07, 6.45) is 3.86. The fourth-order valence-corrected chi connectivity index (χ4v) is 2.84. The van der Waals surface area contributed by atoms with Gasteiger partial charge in [0.25, 0.3) is 5.91 Å². The molecule has 3 heterocycles. The molecule has 0 unspecified atom stereocenters. The summed E-state index contributed by atoms with van der Waals surface area (Å²) in [5.74, 6) is 0.00249. The highest BCUT2D eigenvalue weighted by molar-refractivity contribution is 6.00. The van der Waals surface area contributed by atoms with E-state index in [1.165, 1.54) is 0 Å². The zero-order valence-electron chi connectivity index (χ0n) is 12.5. The second-order valence-corrected chi connectivity index (χ2v) is 5.73. The van der Waals surface area contributed by atoms with E-state index >= 15 is 0 Å². The number of H-pyrrole nitrogens is 1. The van der Waals surface area contributed by atoms with Gasteiger partial charge in [0.2, 0.25) is 0 Å². The minimum atomic E-state index is -0.273. The fraction of sp³-hybridized carbons (Fsp3) is 0.571. The molecule has 0 aliphatic carbocycles. The number of hydrogen-bond donors (Lipinski definition) is 2. The molecule has 0 atom stereocenters. The van der Waals surface area contributed by atoms with Crippen molar-refractivity contribution in [1.29, 1.82) is 0 Å². The van der Waals surface area contributed by atoms with Gasteiger partial charge in [-0.2, -0.15) is 5.21 Å². The van der Waals surface area contributed by atoms with Crippen molar-refractivity contribution in [3.63, 3.8) is 0 Å². The van der Waals surface area contributed by atoms with Gasteiger partial charge in [0.1, 0.15) is 0 Å². The average molecular weight is 304 g/mol. The highest BCUT2D eigenvalue weighted by Crippen LogP contribution is 2.18. The number of amides is 3. The van der Waals surface area contributed by atoms with E-state index in [9.17, 15) is 9.59 Å². The molecule has 118 valence electrons. The molecule has 1 aromatic rings. The first kappa shape index (κ1) is 14.6. The number of aromatic nitrogens is 3. The third-order valence-corrected chi connectivity index (χ3v) is 4.03. The maximum Gasteiger partial charge on any atom is 0.323 e. The first-order valence-electron chi connectivity index (χ1n) is 7.58. The molecule has 2 aliphatic rings. The molecular weight excluding hydrogens is 284 g/mol. The molecule has 2 fully saturated rings. The second kappa shape index (κ2) is 6.17. The van der Waals surface area contributed by atoms with Crippen LogP contribution in [-0.2, 0) is 0 Å². The summed E-state index contributed by atoms with van der Waals surface area (Å²) in [5.41, 5.74) is 1.21. The average Bonchev–Trinajstić information content (AvgIpc) is 3.18. The predicted molar refractivity (Wildman–Crippen MR) is 80.5 cm³/mol. The second-order valence-electron chi connectivity index (χ2n) is 5.73. The summed E-state index contributed by atoms with van der Waals surface area (Å²) in [7, 11) is 0. The van der Waals surface area contributed by atoms with Crippen LogP contribution in [0, 0.1) is 0 Å². The molecular formula is C14H20N6O2. The lowest BCUT2D eigenvalue weighted by Gasteiger charge is -2.28. The third kappa shape index (κ3) is 2.95. The van der Waals surface area contributed by atoms with Crippen molar-refractivity contribution in [2.45, 2.75) is 25.7 Å². The van der Waals surface area contributed by atoms with Gasteiger partial charge < -0.3 is 9.80 Å². The summed E-state index contributed by atoms with van der Waals surface area (Å²) in [5, 5.41) is 12.9. The lowest BCUT2D eigenvalue weighted by Crippen LogP contribution is -2.40. The minimum Gasteiger partial charge on any atom is -0.337 e. The van der Waals surface area contributed by atoms with Crippen molar-refractivity contribution < 1.29 is 9.59 Å². The van der Waals surface area contributed by atoms with Gasteiger partial charge in [-0.05, 0) is 25.7 Å². The monoisotopic (exact) mass is 304 g/mol. The summed E-state index contributed by atoms with van der Waals surface area (Å²) in [6, 6.07) is -0.273. The highest BCUT2D eigenvalue weighted by Gasteiger charge is 2.27. The van der Waals surface area contributed by atoms with Crippen molar-refractivity contribution in [1.82, 2.24) is 25.2 Å². The molecule has 0 radical (unpaired) electrons. The topological polar surface area (TPSA) is 94.2 Å². The van der Waals surface area contributed by atoms with Crippen LogP contribution in [0.4, 0.5) is 10.6 Å². The van der Waals surface area contributed by atoms with Gasteiger partial charge in [0.05, 0.1) is 0 Å². The van der Waals surface area contributed by atoms with E-state index in [-0.39, 0.29) is 23.5 Å². The smallest absolute Gasteiger partial charge is 0.323 e. The van der Waals surface area contributed by atoms with Gasteiger partial charge in [0.15, 0.2) is 11.5 Å². The predicted octanol–water partition coefficient (Wildman–Crippen LogP) is 1.22. The lowest BCUT2D eigenvalue weighted by atomic mass is 10.1. The van der Waals surface area contributed by atoms with E-state index < -0.39 is 0 Å². The zero-order chi connectivity index (χ0) is 15.5. The molecule has 0 saturated carbocycles. The number of nitrogens with one attached hydrogen (secondary N) is 2. The summed E-state index contributed by atoms with van der Waals surface area (Å²) in [6.45, 7) is 6.60. The summed E-state index contributed by atoms with van der Waals surface area (Å²) >= 11 is 0. The van der Waals surface area contributed by atoms with Gasteiger partial charge in [-0.1, -0.05) is 12.2 Å². The molecule has 1 aromatic heterocycles. The molecule has 3 rings (SSSR count). The first-order chi connectivity index (χ1) is 10.6. The van der Waals surface area contributed by atoms with Gasteiger partial charge in [-0.3, -0.25) is 10.1 Å². The van der Waals surface area contributed by atoms with Crippen LogP contribution in [0.5, 0.6) is 0 Å². The number of nitrogens with zero attached hydrogens (tertiary/aromatic N) is 4. The van der Waals surface area contributed by atoms with Crippen molar-refractivity contribution in [2.24, 2.45) is 0 Å². The van der Waals surface area contributed by atoms with Crippen LogP contribution < -0.4 is 5.32 Å². The maximum atomic E-state index is 12.4. The number of likely N-dealkylation sites (tertiary alicyclic amines) is 2. The molecule has 0 spiro atoms. The van der Waals surface area contributed by atoms with Gasteiger partial charge >= 0.3 is 6.03 Å². The van der Waals surface area contributed by atoms with E-state index in [4.69, 9.17) is 0 Å². The minimum absolute atomic E-state index is 0.172. The van der Waals surface area contributed by atoms with Crippen LogP contribution in [0.25, 0.3) is 0 Å². The van der Waals surface area contributed by atoms with Crippen LogP contribution in [0.15, 0.2) is 12.2 Å². The summed E-state index contributed by atoms with van der Waals surface area (Å²) in [4.78, 5) is 28.0. The lowest BCUT2D eigenvalue weighted by molar-refractivity contribution is 0.0788. The Morgan fingerprint density at radius 1 is 1.09 bits per heavy atom. The highest BCUT2D eigenvalue weighted by atomic mass is 16.2. The van der Waals surface area contributed by atoms with Crippen molar-refractivity contribution in [2.75, 3.05) is 31.5 Å². The number of piperidine rings is 1. The van der Waals surface area contributed by atoms with Crippen molar-refractivity contribution in [3.05, 3.63) is 17.8 Å². The van der Waals surface area contributed by atoms with E-state index in [1.807, 2.05) is 0 Å². The Hall–Kier alpha value is -2.38. The van der Waals surface area contributed by atoms with E-state index in [0.29, 0.717) is 13.1 Å². The van der Waals surface area contributed by atoms with Crippen LogP contribution in [0.3, 0.4) is 0 Å². The molecule has 8 heteroatoms. The van der Waals surface area contributed by atoms with Gasteiger partial charge in [-0.25, -0.2) is 4.79 Å². The Morgan fingerprint density at radius 2 is 1.82 bits per heavy atom. The van der Waals surface area contributed by atoms with E-state index in [0.717, 1.165) is 44.3 Å². The molecule has 0 aromatic carbocycles. The largest absolute Gasteiger partial charge is 0.337 e. The molecule has 22 heavy (non-hydrogen) atoms.